The summed E-state index contributed by atoms with van der Waals surface area (Å²) in [6.45, 7) is 3.50. The summed E-state index contributed by atoms with van der Waals surface area (Å²) in [5.74, 6) is -0.158. The number of rotatable bonds is 7. The van der Waals surface area contributed by atoms with Crippen LogP contribution in [-0.2, 0) is 24.4 Å². The molecule has 0 aromatic heterocycles. The summed E-state index contributed by atoms with van der Waals surface area (Å²) in [5.41, 5.74) is 4.15. The molecule has 7 heteroatoms. The molecule has 176 valence electrons. The van der Waals surface area contributed by atoms with Gasteiger partial charge in [0.05, 0.1) is 6.61 Å². The number of carbonyl (C=O) groups excluding carboxylic acids is 1. The Balaban J connectivity index is 1.34. The lowest BCUT2D eigenvalue weighted by Gasteiger charge is -2.20. The predicted octanol–water partition coefficient (Wildman–Crippen LogP) is 4.28. The highest BCUT2D eigenvalue weighted by Gasteiger charge is 2.30. The monoisotopic (exact) mass is 460 g/mol. The highest BCUT2D eigenvalue weighted by Crippen LogP contribution is 2.37. The Kier molecular flexibility index (Phi) is 6.27. The fourth-order valence-electron chi connectivity index (χ4n) is 4.54. The van der Waals surface area contributed by atoms with E-state index in [9.17, 15) is 15.0 Å². The minimum atomic E-state index is -0.341. The third kappa shape index (κ3) is 4.65. The van der Waals surface area contributed by atoms with Gasteiger partial charge in [0, 0.05) is 50.0 Å². The van der Waals surface area contributed by atoms with Crippen molar-refractivity contribution >= 4 is 11.6 Å². The van der Waals surface area contributed by atoms with Gasteiger partial charge in [0.1, 0.15) is 29.4 Å². The second-order valence-electron chi connectivity index (χ2n) is 8.83. The van der Waals surface area contributed by atoms with E-state index < -0.39 is 0 Å². The molecule has 0 spiro atoms. The molecule has 1 atom stereocenters. The van der Waals surface area contributed by atoms with E-state index in [1.807, 2.05) is 48.5 Å². The zero-order valence-corrected chi connectivity index (χ0v) is 18.9. The standard InChI is InChI=1S/C27H28N2O5/c30-21-11-24(31)26(25(12-21)34-17-18-5-2-1-3-6-18)27(32)29-14-20-7-4-8-23(22(20)15-29)28-13-19-9-10-33-16-19/h1-8,11-12,19,28,30-31H,9-10,13-17H2. The number of amides is 1. The lowest BCUT2D eigenvalue weighted by atomic mass is 10.1. The minimum absolute atomic E-state index is 0.0548. The zero-order valence-electron chi connectivity index (χ0n) is 18.9. The zero-order chi connectivity index (χ0) is 23.5. The fourth-order valence-corrected chi connectivity index (χ4v) is 4.54. The van der Waals surface area contributed by atoms with Gasteiger partial charge in [-0.3, -0.25) is 4.79 Å². The van der Waals surface area contributed by atoms with E-state index in [0.29, 0.717) is 19.0 Å². The van der Waals surface area contributed by atoms with Gasteiger partial charge in [-0.15, -0.1) is 0 Å². The lowest BCUT2D eigenvalue weighted by molar-refractivity contribution is 0.0743. The van der Waals surface area contributed by atoms with Gasteiger partial charge in [0.15, 0.2) is 0 Å². The smallest absolute Gasteiger partial charge is 0.262 e. The summed E-state index contributed by atoms with van der Waals surface area (Å²) < 4.78 is 11.3. The van der Waals surface area contributed by atoms with Crippen LogP contribution in [0.3, 0.4) is 0 Å². The first-order valence-electron chi connectivity index (χ1n) is 11.5. The average molecular weight is 461 g/mol. The van der Waals surface area contributed by atoms with Crippen molar-refractivity contribution in [2.45, 2.75) is 26.1 Å². The molecule has 0 saturated carbocycles. The first-order chi connectivity index (χ1) is 16.6. The lowest BCUT2D eigenvalue weighted by Crippen LogP contribution is -2.26. The first kappa shape index (κ1) is 22.1. The van der Waals surface area contributed by atoms with Gasteiger partial charge in [-0.05, 0) is 29.2 Å². The molecule has 0 aliphatic carbocycles. The van der Waals surface area contributed by atoms with Crippen molar-refractivity contribution in [3.05, 3.63) is 82.9 Å². The molecular formula is C27H28N2O5. The third-order valence-electron chi connectivity index (χ3n) is 6.39. The third-order valence-corrected chi connectivity index (χ3v) is 6.39. The van der Waals surface area contributed by atoms with Crippen LogP contribution in [0, 0.1) is 5.92 Å². The molecule has 3 N–H and O–H groups in total. The molecule has 34 heavy (non-hydrogen) atoms. The largest absolute Gasteiger partial charge is 0.508 e. The number of ether oxygens (including phenoxy) is 2. The summed E-state index contributed by atoms with van der Waals surface area (Å²) in [4.78, 5) is 15.2. The molecule has 2 heterocycles. The van der Waals surface area contributed by atoms with Gasteiger partial charge < -0.3 is 29.9 Å². The number of fused-ring (bicyclic) bond motifs is 1. The number of aromatic hydroxyl groups is 2. The quantitative estimate of drug-likeness (QED) is 0.488. The number of phenolic OH excluding ortho intramolecular Hbond substituents is 2. The van der Waals surface area contributed by atoms with Crippen LogP contribution in [0.1, 0.15) is 33.5 Å². The molecule has 7 nitrogen and oxygen atoms in total. The van der Waals surface area contributed by atoms with Crippen LogP contribution >= 0.6 is 0 Å². The number of phenols is 2. The molecule has 1 saturated heterocycles. The van der Waals surface area contributed by atoms with Crippen LogP contribution in [0.4, 0.5) is 5.69 Å². The van der Waals surface area contributed by atoms with Crippen LogP contribution in [0.5, 0.6) is 17.2 Å². The van der Waals surface area contributed by atoms with Crippen LogP contribution < -0.4 is 10.1 Å². The van der Waals surface area contributed by atoms with E-state index in [-0.39, 0.29) is 35.3 Å². The topological polar surface area (TPSA) is 91.3 Å². The van der Waals surface area contributed by atoms with Crippen LogP contribution in [0.25, 0.3) is 0 Å². The Morgan fingerprint density at radius 3 is 2.74 bits per heavy atom. The molecule has 5 rings (SSSR count). The van der Waals surface area contributed by atoms with Crippen molar-refractivity contribution in [3.8, 4) is 17.2 Å². The number of hydrogen-bond donors (Lipinski definition) is 3. The summed E-state index contributed by atoms with van der Waals surface area (Å²) >= 11 is 0. The molecule has 1 amide bonds. The summed E-state index contributed by atoms with van der Waals surface area (Å²) in [5, 5.41) is 24.1. The first-order valence-corrected chi connectivity index (χ1v) is 11.5. The molecule has 0 bridgehead atoms. The van der Waals surface area contributed by atoms with Gasteiger partial charge >= 0.3 is 0 Å². The van der Waals surface area contributed by atoms with Crippen LogP contribution in [0.2, 0.25) is 0 Å². The van der Waals surface area contributed by atoms with Crippen molar-refractivity contribution in [1.82, 2.24) is 4.90 Å². The molecular weight excluding hydrogens is 432 g/mol. The highest BCUT2D eigenvalue weighted by molar-refractivity contribution is 6.00. The number of benzene rings is 3. The Labute approximate surface area is 198 Å². The maximum atomic E-state index is 13.5. The number of carbonyl (C=O) groups is 1. The normalized spacial score (nSPS) is 16.9. The molecule has 1 fully saturated rings. The molecule has 1 unspecified atom stereocenters. The van der Waals surface area contributed by atoms with E-state index in [4.69, 9.17) is 9.47 Å². The number of anilines is 1. The van der Waals surface area contributed by atoms with Crippen molar-refractivity contribution < 1.29 is 24.5 Å². The van der Waals surface area contributed by atoms with Gasteiger partial charge in [0.25, 0.3) is 5.91 Å². The molecule has 2 aliphatic rings. The second-order valence-corrected chi connectivity index (χ2v) is 8.83. The maximum absolute atomic E-state index is 13.5. The molecule has 0 radical (unpaired) electrons. The van der Waals surface area contributed by atoms with Gasteiger partial charge in [0.2, 0.25) is 0 Å². The van der Waals surface area contributed by atoms with E-state index in [1.165, 1.54) is 12.1 Å². The molecule has 3 aromatic rings. The van der Waals surface area contributed by atoms with Gasteiger partial charge in [-0.1, -0.05) is 42.5 Å². The van der Waals surface area contributed by atoms with Crippen molar-refractivity contribution in [1.29, 1.82) is 0 Å². The number of hydrogen-bond acceptors (Lipinski definition) is 6. The average Bonchev–Trinajstić information content (AvgIpc) is 3.51. The minimum Gasteiger partial charge on any atom is -0.508 e. The van der Waals surface area contributed by atoms with Gasteiger partial charge in [-0.25, -0.2) is 0 Å². The second kappa shape index (κ2) is 9.65. The Morgan fingerprint density at radius 1 is 1.09 bits per heavy atom. The number of nitrogens with zero attached hydrogens (tertiary/aromatic N) is 1. The Bertz CT molecular complexity index is 1180. The highest BCUT2D eigenvalue weighted by atomic mass is 16.5. The van der Waals surface area contributed by atoms with Crippen molar-refractivity contribution in [2.24, 2.45) is 5.92 Å². The van der Waals surface area contributed by atoms with Gasteiger partial charge in [-0.2, -0.15) is 0 Å². The molecule has 2 aliphatic heterocycles. The van der Waals surface area contributed by atoms with Crippen molar-refractivity contribution in [2.75, 3.05) is 25.1 Å². The molecule has 3 aromatic carbocycles. The Hall–Kier alpha value is -3.71. The SMILES string of the molecule is O=C(c1c(O)cc(O)cc1OCc1ccccc1)N1Cc2cccc(NCC3CCOC3)c2C1. The fraction of sp³-hybridized carbons (Fsp3) is 0.296. The maximum Gasteiger partial charge on any atom is 0.262 e. The van der Waals surface area contributed by atoms with Crippen molar-refractivity contribution in [3.63, 3.8) is 0 Å². The van der Waals surface area contributed by atoms with E-state index in [2.05, 4.69) is 5.32 Å². The van der Waals surface area contributed by atoms with Crippen LogP contribution in [0.15, 0.2) is 60.7 Å². The van der Waals surface area contributed by atoms with E-state index in [1.54, 1.807) is 4.90 Å². The number of nitrogens with one attached hydrogen (secondary N) is 1. The summed E-state index contributed by atoms with van der Waals surface area (Å²) in [6, 6.07) is 18.1. The predicted molar refractivity (Wildman–Crippen MR) is 128 cm³/mol. The van der Waals surface area contributed by atoms with Crippen LogP contribution in [-0.4, -0.2) is 40.8 Å². The Morgan fingerprint density at radius 2 is 1.94 bits per heavy atom. The summed E-state index contributed by atoms with van der Waals surface area (Å²) in [7, 11) is 0. The van der Waals surface area contributed by atoms with E-state index >= 15 is 0 Å². The van der Waals surface area contributed by atoms with E-state index in [0.717, 1.165) is 48.6 Å². The summed E-state index contributed by atoms with van der Waals surface area (Å²) in [6.07, 6.45) is 1.05.